The van der Waals surface area contributed by atoms with Crippen molar-refractivity contribution in [3.63, 3.8) is 0 Å². The highest BCUT2D eigenvalue weighted by Crippen LogP contribution is 2.47. The molecule has 0 saturated carbocycles. The van der Waals surface area contributed by atoms with Crippen molar-refractivity contribution < 1.29 is 4.55 Å². The van der Waals surface area contributed by atoms with Crippen LogP contribution in [0.5, 0.6) is 0 Å². The van der Waals surface area contributed by atoms with E-state index in [1.807, 2.05) is 81.7 Å². The van der Waals surface area contributed by atoms with Crippen LogP contribution in [0, 0.1) is 0 Å². The van der Waals surface area contributed by atoms with Crippen molar-refractivity contribution in [3.8, 4) is 0 Å². The molecule has 4 aromatic rings. The average Bonchev–Trinajstić information content (AvgIpc) is 2.85. The predicted octanol–water partition coefficient (Wildman–Crippen LogP) is 5.60. The van der Waals surface area contributed by atoms with Gasteiger partial charge in [-0.1, -0.05) is 72.8 Å². The van der Waals surface area contributed by atoms with Crippen molar-refractivity contribution >= 4 is 11.4 Å². The van der Waals surface area contributed by atoms with Crippen LogP contribution in [0.2, 0.25) is 0 Å². The maximum absolute atomic E-state index is 13.8. The summed E-state index contributed by atoms with van der Waals surface area (Å²) in [7, 11) is 0. The molecule has 2 heterocycles. The topological polar surface area (TPSA) is 60.9 Å². The highest BCUT2D eigenvalue weighted by atomic mass is 32.2. The number of pyridine rings is 2. The lowest BCUT2D eigenvalue weighted by molar-refractivity contribution is 0.407. The number of hydrogen-bond donors (Lipinski definition) is 1. The highest BCUT2D eigenvalue weighted by Gasteiger charge is 2.49. The van der Waals surface area contributed by atoms with Crippen molar-refractivity contribution in [1.82, 2.24) is 14.7 Å². The van der Waals surface area contributed by atoms with Gasteiger partial charge in [0.2, 0.25) is 0 Å². The van der Waals surface area contributed by atoms with Crippen molar-refractivity contribution in [2.24, 2.45) is 0 Å². The smallest absolute Gasteiger partial charge is 0.136 e. The first-order chi connectivity index (χ1) is 15.9. The quantitative estimate of drug-likeness (QED) is 0.368. The van der Waals surface area contributed by atoms with Gasteiger partial charge in [-0.2, -0.15) is 0 Å². The van der Waals surface area contributed by atoms with E-state index in [4.69, 9.17) is 0 Å². The Labute approximate surface area is 199 Å². The molecule has 0 amide bonds. The van der Waals surface area contributed by atoms with Crippen molar-refractivity contribution in [1.29, 1.82) is 0 Å². The van der Waals surface area contributed by atoms with Gasteiger partial charge in [-0.15, -0.1) is 4.72 Å². The number of rotatable bonds is 7. The van der Waals surface area contributed by atoms with Gasteiger partial charge in [0.05, 0.1) is 0 Å². The minimum atomic E-state index is -1.37. The average molecular weight is 456 g/mol. The molecular weight excluding hydrogens is 426 g/mol. The van der Waals surface area contributed by atoms with Crippen LogP contribution in [0.25, 0.3) is 0 Å². The SMILES string of the molecule is CC(C)(C)[S+]([O-])NC(c1ccccc1)(c1ccccc1)C(c1cccnc1)c1cccnc1. The molecule has 0 radical (unpaired) electrons. The molecular formula is C28H29N3OS. The molecule has 4 nitrogen and oxygen atoms in total. The normalized spacial score (nSPS) is 13.1. The Hall–Kier alpha value is -2.99. The number of benzene rings is 2. The first-order valence-electron chi connectivity index (χ1n) is 11.0. The van der Waals surface area contributed by atoms with Gasteiger partial charge in [-0.05, 0) is 55.2 Å². The van der Waals surface area contributed by atoms with Crippen LogP contribution in [0.1, 0.15) is 48.9 Å². The summed E-state index contributed by atoms with van der Waals surface area (Å²) >= 11 is -1.37. The number of hydrogen-bond acceptors (Lipinski definition) is 4. The summed E-state index contributed by atoms with van der Waals surface area (Å²) in [5.41, 5.74) is 3.22. The van der Waals surface area contributed by atoms with Crippen LogP contribution in [-0.2, 0) is 16.9 Å². The van der Waals surface area contributed by atoms with E-state index in [-0.39, 0.29) is 5.92 Å². The molecule has 33 heavy (non-hydrogen) atoms. The fraction of sp³-hybridized carbons (Fsp3) is 0.214. The van der Waals surface area contributed by atoms with E-state index in [0.717, 1.165) is 22.3 Å². The van der Waals surface area contributed by atoms with Crippen LogP contribution in [-0.4, -0.2) is 19.3 Å². The Morgan fingerprint density at radius 1 is 0.697 bits per heavy atom. The van der Waals surface area contributed by atoms with Gasteiger partial charge in [0, 0.05) is 42.1 Å². The minimum absolute atomic E-state index is 0.240. The summed E-state index contributed by atoms with van der Waals surface area (Å²) < 4.78 is 16.9. The zero-order valence-corrected chi connectivity index (χ0v) is 20.0. The van der Waals surface area contributed by atoms with E-state index in [1.165, 1.54) is 0 Å². The number of nitrogens with one attached hydrogen (secondary N) is 1. The van der Waals surface area contributed by atoms with Crippen molar-refractivity contribution in [2.75, 3.05) is 0 Å². The molecule has 0 spiro atoms. The van der Waals surface area contributed by atoms with Crippen LogP contribution in [0.3, 0.4) is 0 Å². The predicted molar refractivity (Wildman–Crippen MR) is 135 cm³/mol. The summed E-state index contributed by atoms with van der Waals surface area (Å²) in [5.74, 6) is -0.240. The van der Waals surface area contributed by atoms with Gasteiger partial charge in [0.15, 0.2) is 0 Å². The van der Waals surface area contributed by atoms with Crippen LogP contribution in [0.4, 0.5) is 0 Å². The molecule has 5 heteroatoms. The standard InChI is InChI=1S/C28H29N3OS/c1-27(2,3)33(32)31-28(24-14-6-4-7-15-24,25-16-8-5-9-17-25)26(22-12-10-18-29-20-22)23-13-11-19-30-21-23/h4-21,26,31H,1-3H3. The molecule has 0 saturated heterocycles. The lowest BCUT2D eigenvalue weighted by Gasteiger charge is -2.44. The fourth-order valence-electron chi connectivity index (χ4n) is 4.16. The molecule has 0 aliphatic carbocycles. The highest BCUT2D eigenvalue weighted by molar-refractivity contribution is 7.90. The molecule has 0 fully saturated rings. The molecule has 1 atom stereocenters. The zero-order chi connectivity index (χ0) is 23.3. The largest absolute Gasteiger partial charge is 0.598 e. The molecule has 1 unspecified atom stereocenters. The second-order valence-corrected chi connectivity index (χ2v) is 11.0. The van der Waals surface area contributed by atoms with Gasteiger partial charge in [-0.25, -0.2) is 0 Å². The Kier molecular flexibility index (Phi) is 6.94. The van der Waals surface area contributed by atoms with E-state index in [0.29, 0.717) is 0 Å². The Bertz CT molecular complexity index is 1050. The van der Waals surface area contributed by atoms with Gasteiger partial charge in [0.1, 0.15) is 10.3 Å². The second-order valence-electron chi connectivity index (χ2n) is 9.03. The molecule has 2 aromatic heterocycles. The number of nitrogens with zero attached hydrogens (tertiary/aromatic N) is 2. The van der Waals surface area contributed by atoms with Crippen LogP contribution in [0.15, 0.2) is 110 Å². The molecule has 168 valence electrons. The zero-order valence-electron chi connectivity index (χ0n) is 19.2. The molecule has 1 N–H and O–H groups in total. The van der Waals surface area contributed by atoms with E-state index in [1.54, 1.807) is 12.4 Å². The third-order valence-corrected chi connectivity index (χ3v) is 7.36. The van der Waals surface area contributed by atoms with Crippen LogP contribution < -0.4 is 4.72 Å². The van der Waals surface area contributed by atoms with E-state index in [9.17, 15) is 4.55 Å². The molecule has 4 rings (SSSR count). The molecule has 0 aliphatic rings. The minimum Gasteiger partial charge on any atom is -0.598 e. The monoisotopic (exact) mass is 455 g/mol. The Morgan fingerprint density at radius 2 is 1.15 bits per heavy atom. The third-order valence-electron chi connectivity index (χ3n) is 5.74. The lowest BCUT2D eigenvalue weighted by atomic mass is 9.68. The summed E-state index contributed by atoms with van der Waals surface area (Å²) in [6.07, 6.45) is 7.33. The number of aromatic nitrogens is 2. The first kappa shape index (κ1) is 23.2. The van der Waals surface area contributed by atoms with Gasteiger partial charge < -0.3 is 4.55 Å². The summed E-state index contributed by atoms with van der Waals surface area (Å²) in [4.78, 5) is 8.87. The molecule has 2 aromatic carbocycles. The third kappa shape index (κ3) is 4.86. The Balaban J connectivity index is 2.08. The van der Waals surface area contributed by atoms with Crippen LogP contribution >= 0.6 is 0 Å². The summed E-state index contributed by atoms with van der Waals surface area (Å²) in [6, 6.07) is 28.5. The molecule has 0 aliphatic heterocycles. The van der Waals surface area contributed by atoms with Gasteiger partial charge >= 0.3 is 0 Å². The fourth-order valence-corrected chi connectivity index (χ4v) is 5.12. The molecule has 0 bridgehead atoms. The summed E-state index contributed by atoms with van der Waals surface area (Å²) in [6.45, 7) is 5.96. The van der Waals surface area contributed by atoms with E-state index < -0.39 is 21.6 Å². The van der Waals surface area contributed by atoms with Gasteiger partial charge in [0.25, 0.3) is 0 Å². The van der Waals surface area contributed by atoms with E-state index >= 15 is 0 Å². The maximum Gasteiger partial charge on any atom is 0.136 e. The lowest BCUT2D eigenvalue weighted by Crippen LogP contribution is -2.55. The van der Waals surface area contributed by atoms with Crippen molar-refractivity contribution in [3.05, 3.63) is 132 Å². The Morgan fingerprint density at radius 3 is 1.52 bits per heavy atom. The van der Waals surface area contributed by atoms with E-state index in [2.05, 4.69) is 51.1 Å². The first-order valence-corrected chi connectivity index (χ1v) is 12.2. The van der Waals surface area contributed by atoms with Gasteiger partial charge in [-0.3, -0.25) is 9.97 Å². The summed E-state index contributed by atoms with van der Waals surface area (Å²) in [5, 5.41) is 0. The second kappa shape index (κ2) is 9.87. The maximum atomic E-state index is 13.8. The van der Waals surface area contributed by atoms with Crippen molar-refractivity contribution in [2.45, 2.75) is 37.0 Å².